The second-order valence-corrected chi connectivity index (χ2v) is 17.1. The summed E-state index contributed by atoms with van der Waals surface area (Å²) in [6, 6.07) is 0. The number of unbranched alkanes of at least 4 members (excludes halogenated alkanes) is 21. The van der Waals surface area contributed by atoms with Crippen LogP contribution in [0.4, 0.5) is 0 Å². The van der Waals surface area contributed by atoms with E-state index < -0.39 is 32.5 Å². The molecule has 0 fully saturated rings. The molecule has 312 valence electrons. The molecular weight excluding hydrogens is 689 g/mol. The first kappa shape index (κ1) is 51.5. The van der Waals surface area contributed by atoms with E-state index in [0.717, 1.165) is 70.6 Å². The first-order valence-electron chi connectivity index (χ1n) is 21.5. The zero-order valence-electron chi connectivity index (χ0n) is 35.0. The number of nitrogens with zero attached hydrogens (tertiary/aromatic N) is 1. The van der Waals surface area contributed by atoms with E-state index in [2.05, 4.69) is 38.2 Å². The number of carbonyl (C=O) groups excluding carboxylic acids is 2. The zero-order chi connectivity index (χ0) is 39.3. The molecule has 0 radical (unpaired) electrons. The van der Waals surface area contributed by atoms with Crippen molar-refractivity contribution in [3.8, 4) is 0 Å². The minimum absolute atomic E-state index is 0.0327. The third kappa shape index (κ3) is 40.0. The maximum atomic E-state index is 12.6. The summed E-state index contributed by atoms with van der Waals surface area (Å²) in [5.41, 5.74) is 0. The van der Waals surface area contributed by atoms with Crippen LogP contribution in [0.2, 0.25) is 0 Å². The molecule has 0 spiro atoms. The molecule has 0 heterocycles. The molecule has 2 unspecified atom stereocenters. The van der Waals surface area contributed by atoms with Gasteiger partial charge >= 0.3 is 11.9 Å². The number of phosphoric ester groups is 1. The Morgan fingerprint density at radius 1 is 0.566 bits per heavy atom. The van der Waals surface area contributed by atoms with Crippen molar-refractivity contribution in [2.75, 3.05) is 47.5 Å². The smallest absolute Gasteiger partial charge is 0.306 e. The SMILES string of the molecule is CCCCCC/C=C\CCCCCCCC(=O)OCC(COP(=O)([O-])OCC[N+](C)(C)C)OC(=O)CCCCCCC/C=C\CCCCCCCCC. The number of allylic oxidation sites excluding steroid dienone is 4. The van der Waals surface area contributed by atoms with Gasteiger partial charge in [0, 0.05) is 12.8 Å². The van der Waals surface area contributed by atoms with Gasteiger partial charge in [0.15, 0.2) is 6.10 Å². The molecule has 0 N–H and O–H groups in total. The molecule has 0 aliphatic rings. The van der Waals surface area contributed by atoms with Gasteiger partial charge in [-0.2, -0.15) is 0 Å². The monoisotopic (exact) mass is 772 g/mol. The summed E-state index contributed by atoms with van der Waals surface area (Å²) in [5.74, 6) is -0.852. The Bertz CT molecular complexity index is 964. The minimum atomic E-state index is -4.62. The summed E-state index contributed by atoms with van der Waals surface area (Å²) in [7, 11) is 1.16. The number of ether oxygens (including phenoxy) is 2. The first-order valence-corrected chi connectivity index (χ1v) is 23.0. The van der Waals surface area contributed by atoms with E-state index >= 15 is 0 Å². The molecule has 10 heteroatoms. The van der Waals surface area contributed by atoms with Gasteiger partial charge in [-0.25, -0.2) is 0 Å². The minimum Gasteiger partial charge on any atom is -0.756 e. The Kier molecular flexibility index (Phi) is 35.1. The highest BCUT2D eigenvalue weighted by atomic mass is 31.2. The van der Waals surface area contributed by atoms with Crippen LogP contribution >= 0.6 is 7.82 Å². The van der Waals surface area contributed by atoms with Crippen molar-refractivity contribution >= 4 is 19.8 Å². The lowest BCUT2D eigenvalue weighted by Gasteiger charge is -2.28. The largest absolute Gasteiger partial charge is 0.756 e. The normalized spacial score (nSPS) is 13.8. The predicted octanol–water partition coefficient (Wildman–Crippen LogP) is 11.3. The number of likely N-dealkylation sites (N-methyl/N-ethyl adjacent to an activating group) is 1. The summed E-state index contributed by atoms with van der Waals surface area (Å²) in [4.78, 5) is 37.5. The molecule has 0 aliphatic heterocycles. The van der Waals surface area contributed by atoms with Crippen LogP contribution in [-0.2, 0) is 32.7 Å². The number of hydrogen-bond acceptors (Lipinski definition) is 8. The van der Waals surface area contributed by atoms with Crippen LogP contribution in [-0.4, -0.2) is 70.0 Å². The Hall–Kier alpha value is -1.51. The Morgan fingerprint density at radius 2 is 0.962 bits per heavy atom. The van der Waals surface area contributed by atoms with Crippen molar-refractivity contribution < 1.29 is 42.1 Å². The van der Waals surface area contributed by atoms with Crippen LogP contribution in [0.1, 0.15) is 187 Å². The van der Waals surface area contributed by atoms with Crippen molar-refractivity contribution in [1.29, 1.82) is 0 Å². The lowest BCUT2D eigenvalue weighted by Crippen LogP contribution is -2.37. The standard InChI is InChI=1S/C43H82NO8P/c1-6-8-10-12-14-16-18-20-21-22-24-26-28-30-32-34-36-43(46)52-41(40-51-53(47,48)50-38-37-44(3,4)5)39-49-42(45)35-33-31-29-27-25-23-19-17-15-13-11-9-7-2/h17,19,21-22,41H,6-16,18,20,23-40H2,1-5H3/b19-17-,22-21-. The fourth-order valence-electron chi connectivity index (χ4n) is 5.76. The molecule has 9 nitrogen and oxygen atoms in total. The van der Waals surface area contributed by atoms with Gasteiger partial charge in [0.2, 0.25) is 0 Å². The van der Waals surface area contributed by atoms with Gasteiger partial charge in [0.25, 0.3) is 7.82 Å². The fourth-order valence-corrected chi connectivity index (χ4v) is 6.49. The highest BCUT2D eigenvalue weighted by molar-refractivity contribution is 7.45. The molecule has 0 bridgehead atoms. The van der Waals surface area contributed by atoms with Crippen LogP contribution < -0.4 is 4.89 Å². The lowest BCUT2D eigenvalue weighted by molar-refractivity contribution is -0.870. The molecular formula is C43H82NO8P. The van der Waals surface area contributed by atoms with E-state index in [0.29, 0.717) is 17.4 Å². The summed E-state index contributed by atoms with van der Waals surface area (Å²) in [6.45, 7) is 4.19. The summed E-state index contributed by atoms with van der Waals surface area (Å²) in [5, 5.41) is 0. The molecule has 0 aromatic heterocycles. The molecule has 0 saturated carbocycles. The molecule has 0 aromatic carbocycles. The molecule has 0 aliphatic carbocycles. The molecule has 53 heavy (non-hydrogen) atoms. The Balaban J connectivity index is 4.39. The van der Waals surface area contributed by atoms with Gasteiger partial charge in [-0.1, -0.05) is 134 Å². The molecule has 0 saturated heterocycles. The second kappa shape index (κ2) is 36.1. The highest BCUT2D eigenvalue weighted by Gasteiger charge is 2.21. The number of hydrogen-bond donors (Lipinski definition) is 0. The molecule has 0 amide bonds. The van der Waals surface area contributed by atoms with Gasteiger partial charge in [-0.15, -0.1) is 0 Å². The average Bonchev–Trinajstić information content (AvgIpc) is 3.10. The van der Waals surface area contributed by atoms with Crippen LogP contribution in [0.3, 0.4) is 0 Å². The van der Waals surface area contributed by atoms with Crippen LogP contribution in [0, 0.1) is 0 Å². The second-order valence-electron chi connectivity index (χ2n) is 15.7. The van der Waals surface area contributed by atoms with Crippen molar-refractivity contribution in [1.82, 2.24) is 0 Å². The highest BCUT2D eigenvalue weighted by Crippen LogP contribution is 2.38. The summed E-state index contributed by atoms with van der Waals surface area (Å²) >= 11 is 0. The van der Waals surface area contributed by atoms with Crippen molar-refractivity contribution in [3.63, 3.8) is 0 Å². The van der Waals surface area contributed by atoms with Gasteiger partial charge in [-0.3, -0.25) is 14.2 Å². The van der Waals surface area contributed by atoms with Gasteiger partial charge < -0.3 is 27.9 Å². The van der Waals surface area contributed by atoms with E-state index in [4.69, 9.17) is 18.5 Å². The number of rotatable bonds is 39. The summed E-state index contributed by atoms with van der Waals surface area (Å²) in [6.07, 6.45) is 37.7. The van der Waals surface area contributed by atoms with E-state index in [1.54, 1.807) is 0 Å². The maximum absolute atomic E-state index is 12.6. The number of carbonyl (C=O) groups is 2. The quantitative estimate of drug-likeness (QED) is 0.0200. The Labute approximate surface area is 326 Å². The average molecular weight is 772 g/mol. The first-order chi connectivity index (χ1) is 25.5. The van der Waals surface area contributed by atoms with Crippen molar-refractivity contribution in [2.45, 2.75) is 193 Å². The topological polar surface area (TPSA) is 111 Å². The van der Waals surface area contributed by atoms with E-state index in [-0.39, 0.29) is 26.1 Å². The molecule has 0 rings (SSSR count). The van der Waals surface area contributed by atoms with E-state index in [1.807, 2.05) is 21.1 Å². The van der Waals surface area contributed by atoms with Gasteiger partial charge in [-0.05, 0) is 64.2 Å². The fraction of sp³-hybridized carbons (Fsp3) is 0.860. The third-order valence-corrected chi connectivity index (χ3v) is 10.2. The van der Waals surface area contributed by atoms with Crippen molar-refractivity contribution in [2.24, 2.45) is 0 Å². The Morgan fingerprint density at radius 3 is 1.42 bits per heavy atom. The van der Waals surface area contributed by atoms with Crippen LogP contribution in [0.15, 0.2) is 24.3 Å². The van der Waals surface area contributed by atoms with Crippen molar-refractivity contribution in [3.05, 3.63) is 24.3 Å². The van der Waals surface area contributed by atoms with Gasteiger partial charge in [0.05, 0.1) is 27.7 Å². The van der Waals surface area contributed by atoms with Crippen LogP contribution in [0.5, 0.6) is 0 Å². The number of quaternary nitrogens is 1. The van der Waals surface area contributed by atoms with E-state index in [9.17, 15) is 19.0 Å². The lowest BCUT2D eigenvalue weighted by atomic mass is 10.1. The molecule has 2 atom stereocenters. The van der Waals surface area contributed by atoms with Gasteiger partial charge in [0.1, 0.15) is 19.8 Å². The predicted molar refractivity (Wildman–Crippen MR) is 218 cm³/mol. The number of phosphoric acid groups is 1. The third-order valence-electron chi connectivity index (χ3n) is 9.19. The zero-order valence-corrected chi connectivity index (χ0v) is 35.9. The molecule has 0 aromatic rings. The van der Waals surface area contributed by atoms with Crippen LogP contribution in [0.25, 0.3) is 0 Å². The van der Waals surface area contributed by atoms with E-state index in [1.165, 1.54) is 83.5 Å². The maximum Gasteiger partial charge on any atom is 0.306 e. The summed E-state index contributed by atoms with van der Waals surface area (Å²) < 4.78 is 33.8. The number of esters is 2.